The van der Waals surface area contributed by atoms with E-state index in [4.69, 9.17) is 11.6 Å². The van der Waals surface area contributed by atoms with Gasteiger partial charge in [-0.15, -0.1) is 0 Å². The maximum absolute atomic E-state index is 5.95. The molecule has 2 aromatic rings. The van der Waals surface area contributed by atoms with Crippen LogP contribution in [0.1, 0.15) is 0 Å². The van der Waals surface area contributed by atoms with Gasteiger partial charge in [0.05, 0.1) is 0 Å². The van der Waals surface area contributed by atoms with Crippen molar-refractivity contribution < 1.29 is 0 Å². The molecule has 0 radical (unpaired) electrons. The van der Waals surface area contributed by atoms with Crippen LogP contribution in [0.4, 0.5) is 5.82 Å². The molecule has 3 nitrogen and oxygen atoms in total. The summed E-state index contributed by atoms with van der Waals surface area (Å²) in [5.41, 5.74) is 0.879. The third-order valence-corrected chi connectivity index (χ3v) is 3.01. The summed E-state index contributed by atoms with van der Waals surface area (Å²) in [6.07, 6.45) is 1.71. The highest BCUT2D eigenvalue weighted by Crippen LogP contribution is 2.28. The highest BCUT2D eigenvalue weighted by Gasteiger charge is 2.07. The second-order valence-electron chi connectivity index (χ2n) is 3.14. The van der Waals surface area contributed by atoms with Gasteiger partial charge in [-0.1, -0.05) is 27.5 Å². The predicted molar refractivity (Wildman–Crippen MR) is 69.7 cm³/mol. The first-order valence-corrected chi connectivity index (χ1v) is 5.84. The average molecular weight is 299 g/mol. The van der Waals surface area contributed by atoms with E-state index in [1.165, 1.54) is 0 Å². The maximum Gasteiger partial charge on any atom is 0.162 e. The zero-order valence-corrected chi connectivity index (χ0v) is 10.9. The molecule has 0 spiro atoms. The van der Waals surface area contributed by atoms with Crippen LogP contribution in [0, 0.1) is 0 Å². The van der Waals surface area contributed by atoms with Crippen LogP contribution in [0.25, 0.3) is 11.4 Å². The Kier molecular flexibility index (Phi) is 3.41. The van der Waals surface area contributed by atoms with Crippen molar-refractivity contribution in [3.63, 3.8) is 0 Å². The largest absolute Gasteiger partial charge is 0.373 e. The highest BCUT2D eigenvalue weighted by molar-refractivity contribution is 9.10. The smallest absolute Gasteiger partial charge is 0.162 e. The number of benzene rings is 1. The van der Waals surface area contributed by atoms with Crippen LogP contribution < -0.4 is 5.32 Å². The lowest BCUT2D eigenvalue weighted by atomic mass is 10.2. The molecule has 0 saturated carbocycles. The van der Waals surface area contributed by atoms with Crippen molar-refractivity contribution in [2.75, 3.05) is 12.4 Å². The van der Waals surface area contributed by atoms with Gasteiger partial charge < -0.3 is 5.32 Å². The molecule has 0 unspecified atom stereocenters. The molecule has 1 aromatic heterocycles. The second kappa shape index (κ2) is 4.80. The van der Waals surface area contributed by atoms with E-state index in [-0.39, 0.29) is 0 Å². The predicted octanol–water partition coefficient (Wildman–Crippen LogP) is 3.60. The minimum atomic E-state index is 0.640. The van der Waals surface area contributed by atoms with Crippen molar-refractivity contribution in [3.05, 3.63) is 40.0 Å². The number of halogens is 2. The van der Waals surface area contributed by atoms with Crippen molar-refractivity contribution in [2.24, 2.45) is 0 Å². The molecule has 0 aliphatic carbocycles. The molecule has 1 aromatic carbocycles. The Balaban J connectivity index is 2.53. The summed E-state index contributed by atoms with van der Waals surface area (Å²) in [5.74, 6) is 1.41. The summed E-state index contributed by atoms with van der Waals surface area (Å²) in [7, 11) is 1.82. The average Bonchev–Trinajstić information content (AvgIpc) is 2.32. The van der Waals surface area contributed by atoms with Gasteiger partial charge in [-0.3, -0.25) is 0 Å². The number of hydrogen-bond donors (Lipinski definition) is 1. The molecule has 2 rings (SSSR count). The Hall–Kier alpha value is -1.13. The quantitative estimate of drug-likeness (QED) is 0.920. The summed E-state index contributed by atoms with van der Waals surface area (Å²) >= 11 is 9.40. The Morgan fingerprint density at radius 3 is 2.88 bits per heavy atom. The van der Waals surface area contributed by atoms with Crippen LogP contribution in [0.5, 0.6) is 0 Å². The molecule has 82 valence electrons. The van der Waals surface area contributed by atoms with Gasteiger partial charge in [0.1, 0.15) is 5.82 Å². The van der Waals surface area contributed by atoms with Gasteiger partial charge in [0.15, 0.2) is 5.82 Å². The van der Waals surface area contributed by atoms with Gasteiger partial charge in [0.2, 0.25) is 0 Å². The molecular formula is C11H9BrClN3. The minimum absolute atomic E-state index is 0.640. The fourth-order valence-corrected chi connectivity index (χ4v) is 1.89. The lowest BCUT2D eigenvalue weighted by Crippen LogP contribution is -1.96. The molecule has 0 amide bonds. The molecule has 0 saturated heterocycles. The van der Waals surface area contributed by atoms with Crippen molar-refractivity contribution >= 4 is 33.3 Å². The van der Waals surface area contributed by atoms with E-state index in [9.17, 15) is 0 Å². The van der Waals surface area contributed by atoms with Gasteiger partial charge in [-0.2, -0.15) is 0 Å². The van der Waals surface area contributed by atoms with E-state index < -0.39 is 0 Å². The third-order valence-electron chi connectivity index (χ3n) is 2.08. The van der Waals surface area contributed by atoms with Gasteiger partial charge in [0.25, 0.3) is 0 Å². The Bertz CT molecular complexity index is 516. The molecule has 16 heavy (non-hydrogen) atoms. The Labute approximate surface area is 107 Å². The molecule has 5 heteroatoms. The van der Waals surface area contributed by atoms with Crippen molar-refractivity contribution in [3.8, 4) is 11.4 Å². The summed E-state index contributed by atoms with van der Waals surface area (Å²) in [5, 5.41) is 3.64. The lowest BCUT2D eigenvalue weighted by molar-refractivity contribution is 1.16. The molecule has 0 atom stereocenters. The van der Waals surface area contributed by atoms with E-state index in [1.807, 2.05) is 31.3 Å². The van der Waals surface area contributed by atoms with Crippen LogP contribution in [0.15, 0.2) is 34.9 Å². The number of rotatable bonds is 2. The zero-order chi connectivity index (χ0) is 11.5. The van der Waals surface area contributed by atoms with Crippen molar-refractivity contribution in [1.82, 2.24) is 9.97 Å². The first-order chi connectivity index (χ1) is 7.70. The fourth-order valence-electron chi connectivity index (χ4n) is 1.30. The minimum Gasteiger partial charge on any atom is -0.373 e. The Morgan fingerprint density at radius 1 is 1.31 bits per heavy atom. The van der Waals surface area contributed by atoms with E-state index in [2.05, 4.69) is 31.2 Å². The summed E-state index contributed by atoms with van der Waals surface area (Å²) in [4.78, 5) is 8.57. The summed E-state index contributed by atoms with van der Waals surface area (Å²) in [6, 6.07) is 7.34. The number of nitrogens with one attached hydrogen (secondary N) is 1. The summed E-state index contributed by atoms with van der Waals surface area (Å²) < 4.78 is 0.921. The van der Waals surface area contributed by atoms with E-state index >= 15 is 0 Å². The van der Waals surface area contributed by atoms with Gasteiger partial charge >= 0.3 is 0 Å². The first-order valence-electron chi connectivity index (χ1n) is 4.67. The second-order valence-corrected chi connectivity index (χ2v) is 4.43. The summed E-state index contributed by atoms with van der Waals surface area (Å²) in [6.45, 7) is 0. The molecule has 0 fully saturated rings. The van der Waals surface area contributed by atoms with Gasteiger partial charge in [-0.05, 0) is 24.3 Å². The van der Waals surface area contributed by atoms with E-state index in [0.29, 0.717) is 10.8 Å². The fraction of sp³-hybridized carbons (Fsp3) is 0.0909. The standard InChI is InChI=1S/C11H9BrClN3/c1-14-10-4-5-15-11(16-10)8-6-7(13)2-3-9(8)12/h2-6H,1H3,(H,14,15,16). The Morgan fingerprint density at radius 2 is 2.12 bits per heavy atom. The highest BCUT2D eigenvalue weighted by atomic mass is 79.9. The lowest BCUT2D eigenvalue weighted by Gasteiger charge is -2.05. The monoisotopic (exact) mass is 297 g/mol. The van der Waals surface area contributed by atoms with Crippen molar-refractivity contribution in [1.29, 1.82) is 0 Å². The molecule has 1 heterocycles. The van der Waals surface area contributed by atoms with E-state index in [0.717, 1.165) is 15.9 Å². The van der Waals surface area contributed by atoms with Crippen LogP contribution >= 0.6 is 27.5 Å². The molecule has 0 aliphatic rings. The third kappa shape index (κ3) is 2.33. The van der Waals surface area contributed by atoms with E-state index in [1.54, 1.807) is 6.20 Å². The van der Waals surface area contributed by atoms with Crippen molar-refractivity contribution in [2.45, 2.75) is 0 Å². The van der Waals surface area contributed by atoms with Crippen LogP contribution in [-0.4, -0.2) is 17.0 Å². The van der Waals surface area contributed by atoms with Crippen LogP contribution in [0.2, 0.25) is 5.02 Å². The number of hydrogen-bond acceptors (Lipinski definition) is 3. The number of anilines is 1. The normalized spacial score (nSPS) is 10.2. The van der Waals surface area contributed by atoms with Gasteiger partial charge in [0, 0.05) is 28.3 Å². The number of nitrogens with zero attached hydrogens (tertiary/aromatic N) is 2. The first kappa shape index (κ1) is 11.4. The molecule has 1 N–H and O–H groups in total. The molecule has 0 bridgehead atoms. The van der Waals surface area contributed by atoms with Gasteiger partial charge in [-0.25, -0.2) is 9.97 Å². The topological polar surface area (TPSA) is 37.8 Å². The SMILES string of the molecule is CNc1ccnc(-c2cc(Cl)ccc2Br)n1. The zero-order valence-electron chi connectivity index (χ0n) is 8.54. The van der Waals surface area contributed by atoms with Crippen LogP contribution in [-0.2, 0) is 0 Å². The molecule has 0 aliphatic heterocycles. The number of aromatic nitrogens is 2. The molecular weight excluding hydrogens is 289 g/mol. The maximum atomic E-state index is 5.95. The van der Waals surface area contributed by atoms with Crippen LogP contribution in [0.3, 0.4) is 0 Å².